The minimum absolute atomic E-state index is 0.00307. The summed E-state index contributed by atoms with van der Waals surface area (Å²) in [6.07, 6.45) is 9.90. The Morgan fingerprint density at radius 2 is 1.39 bits per heavy atom. The van der Waals surface area contributed by atoms with E-state index in [2.05, 4.69) is 17.6 Å². The molecule has 1 saturated carbocycles. The van der Waals surface area contributed by atoms with Crippen molar-refractivity contribution in [2.24, 2.45) is 5.92 Å². The van der Waals surface area contributed by atoms with Gasteiger partial charge in [-0.2, -0.15) is 0 Å². The molecule has 1 fully saturated rings. The van der Waals surface area contributed by atoms with Gasteiger partial charge in [0.2, 0.25) is 5.91 Å². The molecular formula is C40H50N2O7. The maximum atomic E-state index is 13.2. The van der Waals surface area contributed by atoms with Crippen LogP contribution in [0, 0.1) is 5.92 Å². The number of esters is 2. The van der Waals surface area contributed by atoms with Gasteiger partial charge >= 0.3 is 11.9 Å². The van der Waals surface area contributed by atoms with Gasteiger partial charge in [-0.05, 0) is 106 Å². The van der Waals surface area contributed by atoms with Crippen LogP contribution in [0.4, 0.5) is 5.69 Å². The summed E-state index contributed by atoms with van der Waals surface area (Å²) in [6.45, 7) is 8.13. The van der Waals surface area contributed by atoms with Crippen LogP contribution >= 0.6 is 0 Å². The molecule has 2 N–H and O–H groups in total. The molecule has 0 radical (unpaired) electrons. The van der Waals surface area contributed by atoms with Crippen molar-refractivity contribution in [3.05, 3.63) is 89.5 Å². The number of hydrogen-bond donors (Lipinski definition) is 2. The maximum Gasteiger partial charge on any atom is 0.343 e. The Balaban J connectivity index is 1.33. The van der Waals surface area contributed by atoms with Crippen LogP contribution in [-0.2, 0) is 20.7 Å². The van der Waals surface area contributed by atoms with Crippen LogP contribution < -0.4 is 20.1 Å². The Morgan fingerprint density at radius 1 is 0.776 bits per heavy atom. The van der Waals surface area contributed by atoms with Crippen LogP contribution in [0.2, 0.25) is 0 Å². The number of nitrogens with one attached hydrogen (secondary N) is 2. The first-order chi connectivity index (χ1) is 23.5. The van der Waals surface area contributed by atoms with Crippen molar-refractivity contribution in [1.29, 1.82) is 0 Å². The lowest BCUT2D eigenvalue weighted by Gasteiger charge is -2.25. The zero-order valence-electron chi connectivity index (χ0n) is 29.2. The van der Waals surface area contributed by atoms with E-state index in [-0.39, 0.29) is 18.2 Å². The van der Waals surface area contributed by atoms with E-state index in [1.54, 1.807) is 93.6 Å². The Kier molecular flexibility index (Phi) is 13.8. The molecule has 49 heavy (non-hydrogen) atoms. The highest BCUT2D eigenvalue weighted by molar-refractivity contribution is 5.98. The molecular weight excluding hydrogens is 620 g/mol. The van der Waals surface area contributed by atoms with Gasteiger partial charge < -0.3 is 24.8 Å². The van der Waals surface area contributed by atoms with Gasteiger partial charge in [0.15, 0.2) is 0 Å². The Labute approximate surface area is 290 Å². The van der Waals surface area contributed by atoms with Crippen molar-refractivity contribution in [3.63, 3.8) is 0 Å². The fourth-order valence-electron chi connectivity index (χ4n) is 5.62. The average molecular weight is 671 g/mol. The second-order valence-electron chi connectivity index (χ2n) is 13.6. The Bertz CT molecular complexity index is 1520. The number of hydrogen-bond acceptors (Lipinski definition) is 7. The zero-order chi connectivity index (χ0) is 35.2. The predicted octanol–water partition coefficient (Wildman–Crippen LogP) is 8.07. The van der Waals surface area contributed by atoms with Gasteiger partial charge in [0.1, 0.15) is 23.1 Å². The lowest BCUT2D eigenvalue weighted by Crippen LogP contribution is -2.45. The molecule has 0 spiro atoms. The molecule has 3 aromatic carbocycles. The molecule has 0 heterocycles. The number of unbranched alkanes of at least 4 members (excludes halogenated alkanes) is 4. The molecule has 1 atom stereocenters. The summed E-state index contributed by atoms with van der Waals surface area (Å²) < 4.78 is 17.0. The summed E-state index contributed by atoms with van der Waals surface area (Å²) in [6, 6.07) is 19.3. The molecule has 1 aliphatic rings. The van der Waals surface area contributed by atoms with E-state index in [9.17, 15) is 19.2 Å². The van der Waals surface area contributed by atoms with E-state index in [1.807, 2.05) is 0 Å². The highest BCUT2D eigenvalue weighted by Gasteiger charge is 2.28. The van der Waals surface area contributed by atoms with Crippen molar-refractivity contribution < 1.29 is 33.4 Å². The molecule has 1 aliphatic carbocycles. The summed E-state index contributed by atoms with van der Waals surface area (Å²) in [7, 11) is 0. The fourth-order valence-corrected chi connectivity index (χ4v) is 5.62. The highest BCUT2D eigenvalue weighted by atomic mass is 16.6. The van der Waals surface area contributed by atoms with Crippen molar-refractivity contribution >= 4 is 29.4 Å². The SMILES string of the molecule is CCCCCCCOc1ccc(C(=O)Oc2ccc(C[C@@H](NC(=O)c3ccc(NC(=O)C4CCCC4)cc3)C(=O)OC(C)(C)C)cc2)cc1. The quantitative estimate of drug-likeness (QED) is 0.0899. The third kappa shape index (κ3) is 12.4. The summed E-state index contributed by atoms with van der Waals surface area (Å²) in [5.41, 5.74) is 1.34. The number of rotatable bonds is 16. The van der Waals surface area contributed by atoms with Crippen LogP contribution in [0.15, 0.2) is 72.8 Å². The van der Waals surface area contributed by atoms with Gasteiger partial charge in [-0.3, -0.25) is 9.59 Å². The van der Waals surface area contributed by atoms with Crippen LogP contribution in [0.1, 0.15) is 112 Å². The van der Waals surface area contributed by atoms with Gasteiger partial charge in [0.25, 0.3) is 5.91 Å². The summed E-state index contributed by atoms with van der Waals surface area (Å²) >= 11 is 0. The fraction of sp³-hybridized carbons (Fsp3) is 0.450. The second kappa shape index (κ2) is 18.2. The number of ether oxygens (including phenoxy) is 3. The van der Waals surface area contributed by atoms with Gasteiger partial charge in [0.05, 0.1) is 12.2 Å². The van der Waals surface area contributed by atoms with Crippen LogP contribution in [-0.4, -0.2) is 42.0 Å². The van der Waals surface area contributed by atoms with E-state index < -0.39 is 29.5 Å². The highest BCUT2D eigenvalue weighted by Crippen LogP contribution is 2.26. The van der Waals surface area contributed by atoms with Gasteiger partial charge in [0, 0.05) is 23.6 Å². The van der Waals surface area contributed by atoms with Crippen molar-refractivity contribution in [2.75, 3.05) is 11.9 Å². The molecule has 0 aliphatic heterocycles. The third-order valence-electron chi connectivity index (χ3n) is 8.32. The van der Waals surface area contributed by atoms with E-state index in [0.717, 1.165) is 44.1 Å². The smallest absolute Gasteiger partial charge is 0.343 e. The number of carbonyl (C=O) groups excluding carboxylic acids is 4. The molecule has 0 bridgehead atoms. The van der Waals surface area contributed by atoms with E-state index in [4.69, 9.17) is 14.2 Å². The average Bonchev–Trinajstić information content (AvgIpc) is 3.62. The molecule has 9 nitrogen and oxygen atoms in total. The molecule has 0 unspecified atom stereocenters. The number of amides is 2. The standard InChI is InChI=1S/C40H50N2O7/c1-5-6-7-8-11-26-47-33-24-18-31(19-25-33)38(45)48-34-22-14-28(15-23-34)27-35(39(46)49-40(2,3)4)42-37(44)30-16-20-32(21-17-30)41-36(43)29-12-9-10-13-29/h14-25,29,35H,5-13,26-27H2,1-4H3,(H,41,43)(H,42,44)/t35-/m1/s1. The Hall–Kier alpha value is -4.66. The van der Waals surface area contributed by atoms with E-state index in [0.29, 0.717) is 34.9 Å². The van der Waals surface area contributed by atoms with Crippen molar-refractivity contribution in [1.82, 2.24) is 5.32 Å². The largest absolute Gasteiger partial charge is 0.494 e. The maximum absolute atomic E-state index is 13.2. The lowest BCUT2D eigenvalue weighted by molar-refractivity contribution is -0.157. The molecule has 0 saturated heterocycles. The summed E-state index contributed by atoms with van der Waals surface area (Å²) in [5.74, 6) is -0.419. The minimum atomic E-state index is -0.973. The normalized spacial score (nSPS) is 13.7. The first kappa shape index (κ1) is 37.2. The van der Waals surface area contributed by atoms with Crippen molar-refractivity contribution in [3.8, 4) is 11.5 Å². The first-order valence-electron chi connectivity index (χ1n) is 17.5. The second-order valence-corrected chi connectivity index (χ2v) is 13.6. The van der Waals surface area contributed by atoms with Gasteiger partial charge in [-0.1, -0.05) is 57.6 Å². The summed E-state index contributed by atoms with van der Waals surface area (Å²) in [4.78, 5) is 51.6. The van der Waals surface area contributed by atoms with Gasteiger partial charge in [-0.25, -0.2) is 9.59 Å². The topological polar surface area (TPSA) is 120 Å². The monoisotopic (exact) mass is 670 g/mol. The summed E-state index contributed by atoms with van der Waals surface area (Å²) in [5, 5.41) is 5.74. The van der Waals surface area contributed by atoms with Crippen LogP contribution in [0.25, 0.3) is 0 Å². The van der Waals surface area contributed by atoms with Crippen molar-refractivity contribution in [2.45, 2.75) is 104 Å². The number of carbonyl (C=O) groups is 4. The molecule has 262 valence electrons. The first-order valence-corrected chi connectivity index (χ1v) is 17.5. The van der Waals surface area contributed by atoms with E-state index in [1.165, 1.54) is 19.3 Å². The minimum Gasteiger partial charge on any atom is -0.494 e. The molecule has 9 heteroatoms. The Morgan fingerprint density at radius 3 is 2.02 bits per heavy atom. The lowest BCUT2D eigenvalue weighted by atomic mass is 10.0. The number of benzene rings is 3. The zero-order valence-corrected chi connectivity index (χ0v) is 29.2. The third-order valence-corrected chi connectivity index (χ3v) is 8.32. The molecule has 2 amide bonds. The number of anilines is 1. The predicted molar refractivity (Wildman–Crippen MR) is 190 cm³/mol. The molecule has 4 rings (SSSR count). The molecule has 3 aromatic rings. The van der Waals surface area contributed by atoms with Crippen LogP contribution in [0.3, 0.4) is 0 Å². The van der Waals surface area contributed by atoms with E-state index >= 15 is 0 Å². The molecule has 0 aromatic heterocycles. The van der Waals surface area contributed by atoms with Gasteiger partial charge in [-0.15, -0.1) is 0 Å². The van der Waals surface area contributed by atoms with Crippen LogP contribution in [0.5, 0.6) is 11.5 Å².